The zero-order valence-corrected chi connectivity index (χ0v) is 38.2. The predicted molar refractivity (Wildman–Crippen MR) is 284 cm³/mol. The van der Waals surface area contributed by atoms with Crippen LogP contribution >= 0.6 is 0 Å². The summed E-state index contributed by atoms with van der Waals surface area (Å²) in [6.07, 6.45) is 0. The van der Waals surface area contributed by atoms with Crippen LogP contribution in [0.1, 0.15) is 44.5 Å². The lowest BCUT2D eigenvalue weighted by molar-refractivity contribution is 0.803. The average molecular weight is 857 g/mol. The summed E-state index contributed by atoms with van der Waals surface area (Å²) in [6, 6.07) is 82.1. The third-order valence-corrected chi connectivity index (χ3v) is 14.7. The van der Waals surface area contributed by atoms with Gasteiger partial charge in [0.1, 0.15) is 0 Å². The Kier molecular flexibility index (Phi) is 8.73. The molecule has 0 aromatic heterocycles. The second kappa shape index (κ2) is 14.9. The third kappa shape index (κ3) is 5.76. The largest absolute Gasteiger partial charge is 0.310 e. The molecule has 1 spiro atoms. The van der Waals surface area contributed by atoms with E-state index in [0.717, 1.165) is 22.7 Å². The molecule has 0 N–H and O–H groups in total. The van der Waals surface area contributed by atoms with Crippen molar-refractivity contribution in [2.24, 2.45) is 0 Å². The predicted octanol–water partition coefficient (Wildman–Crippen LogP) is 17.7. The van der Waals surface area contributed by atoms with Crippen molar-refractivity contribution < 1.29 is 0 Å². The molecule has 0 bridgehead atoms. The minimum atomic E-state index is -0.565. The van der Waals surface area contributed by atoms with Crippen molar-refractivity contribution in [2.75, 3.05) is 9.80 Å². The number of benzene rings is 11. The van der Waals surface area contributed by atoms with E-state index < -0.39 is 5.41 Å². The fraction of sp³-hybridized carbons (Fsp3) is 0.0769. The summed E-state index contributed by atoms with van der Waals surface area (Å²) >= 11 is 0. The highest BCUT2D eigenvalue weighted by atomic mass is 15.1. The fourth-order valence-electron chi connectivity index (χ4n) is 11.8. The van der Waals surface area contributed by atoms with Crippen LogP contribution in [-0.2, 0) is 5.41 Å². The third-order valence-electron chi connectivity index (χ3n) is 14.7. The Morgan fingerprint density at radius 1 is 0.313 bits per heavy atom. The Labute approximate surface area is 392 Å². The summed E-state index contributed by atoms with van der Waals surface area (Å²) in [5.74, 6) is 0. The van der Waals surface area contributed by atoms with Gasteiger partial charge in [-0.15, -0.1) is 0 Å². The van der Waals surface area contributed by atoms with E-state index in [1.807, 2.05) is 0 Å². The molecule has 0 fully saturated rings. The van der Waals surface area contributed by atoms with Crippen molar-refractivity contribution in [3.8, 4) is 22.3 Å². The maximum atomic E-state index is 2.55. The van der Waals surface area contributed by atoms with Gasteiger partial charge in [-0.1, -0.05) is 146 Å². The van der Waals surface area contributed by atoms with E-state index >= 15 is 0 Å². The number of hydrogen-bond donors (Lipinski definition) is 0. The summed E-state index contributed by atoms with van der Waals surface area (Å²) in [7, 11) is 0. The van der Waals surface area contributed by atoms with Crippen LogP contribution in [0.5, 0.6) is 0 Å². The van der Waals surface area contributed by atoms with Crippen molar-refractivity contribution in [1.29, 1.82) is 0 Å². The Morgan fingerprint density at radius 3 is 1.45 bits per heavy atom. The second-order valence-electron chi connectivity index (χ2n) is 18.7. The van der Waals surface area contributed by atoms with Crippen molar-refractivity contribution in [3.05, 3.63) is 263 Å². The zero-order valence-electron chi connectivity index (χ0n) is 38.2. The van der Waals surface area contributed by atoms with Gasteiger partial charge in [0.25, 0.3) is 0 Å². The molecule has 318 valence electrons. The van der Waals surface area contributed by atoms with Crippen LogP contribution in [0, 0.1) is 27.7 Å². The van der Waals surface area contributed by atoms with Gasteiger partial charge in [-0.25, -0.2) is 0 Å². The molecule has 0 aliphatic heterocycles. The van der Waals surface area contributed by atoms with Gasteiger partial charge < -0.3 is 9.80 Å². The normalized spacial score (nSPS) is 12.9. The molecule has 0 heterocycles. The van der Waals surface area contributed by atoms with Crippen LogP contribution < -0.4 is 9.80 Å². The quantitative estimate of drug-likeness (QED) is 0.154. The van der Waals surface area contributed by atoms with Gasteiger partial charge in [-0.3, -0.25) is 0 Å². The van der Waals surface area contributed by atoms with E-state index in [2.05, 4.69) is 256 Å². The summed E-state index contributed by atoms with van der Waals surface area (Å²) in [5.41, 5.74) is 22.0. The maximum absolute atomic E-state index is 2.55. The molecule has 0 atom stereocenters. The van der Waals surface area contributed by atoms with Gasteiger partial charge in [-0.2, -0.15) is 0 Å². The standard InChI is InChI=1S/C65H48N2/c1-41-27-29-43(3)61(35-41)66(47-17-7-5-8-18-47)49-32-31-45-38-57-60(39-46(45)37-49)65(58-25-15-13-22-52(58)53-23-14-16-26-59(53)65)64-55-34-33-50(40-56(55)51-21-11-12-24-54(51)63(57)64)67(48-19-9-6-10-20-48)62-36-42(2)28-30-44(62)4/h5-40H,1-4H3. The first-order chi connectivity index (χ1) is 32.9. The van der Waals surface area contributed by atoms with Crippen LogP contribution in [0.25, 0.3) is 54.6 Å². The number of aryl methyl sites for hydroxylation is 4. The lowest BCUT2D eigenvalue weighted by Crippen LogP contribution is -2.26. The van der Waals surface area contributed by atoms with Crippen molar-refractivity contribution in [2.45, 2.75) is 33.1 Å². The molecule has 0 amide bonds. The summed E-state index contributed by atoms with van der Waals surface area (Å²) in [6.45, 7) is 8.81. The molecule has 2 nitrogen and oxygen atoms in total. The number of hydrogen-bond acceptors (Lipinski definition) is 2. The minimum absolute atomic E-state index is 0.565. The first-order valence-corrected chi connectivity index (χ1v) is 23.5. The first-order valence-electron chi connectivity index (χ1n) is 23.5. The van der Waals surface area contributed by atoms with E-state index in [1.54, 1.807) is 0 Å². The van der Waals surface area contributed by atoms with Crippen molar-refractivity contribution in [1.82, 2.24) is 0 Å². The van der Waals surface area contributed by atoms with E-state index in [9.17, 15) is 0 Å². The Balaban J connectivity index is 1.12. The molecule has 0 saturated carbocycles. The van der Waals surface area contributed by atoms with Gasteiger partial charge in [0.05, 0.1) is 5.41 Å². The topological polar surface area (TPSA) is 6.48 Å². The van der Waals surface area contributed by atoms with E-state index in [0.29, 0.717) is 0 Å². The van der Waals surface area contributed by atoms with E-state index in [-0.39, 0.29) is 0 Å². The summed E-state index contributed by atoms with van der Waals surface area (Å²) in [4.78, 5) is 4.87. The molecule has 2 heteroatoms. The van der Waals surface area contributed by atoms with Gasteiger partial charge in [0, 0.05) is 34.1 Å². The minimum Gasteiger partial charge on any atom is -0.310 e. The smallest absolute Gasteiger partial charge is 0.0731 e. The number of fused-ring (bicyclic) bond motifs is 16. The fourth-order valence-corrected chi connectivity index (χ4v) is 11.8. The molecule has 0 unspecified atom stereocenters. The Morgan fingerprint density at radius 2 is 0.836 bits per heavy atom. The molecule has 11 aromatic carbocycles. The molecule has 2 aliphatic carbocycles. The maximum Gasteiger partial charge on any atom is 0.0731 e. The van der Waals surface area contributed by atoms with E-state index in [4.69, 9.17) is 0 Å². The number of rotatable bonds is 6. The molecular formula is C65H48N2. The lowest BCUT2D eigenvalue weighted by Gasteiger charge is -2.32. The lowest BCUT2D eigenvalue weighted by atomic mass is 9.69. The van der Waals surface area contributed by atoms with Crippen LogP contribution in [-0.4, -0.2) is 0 Å². The van der Waals surface area contributed by atoms with Crippen molar-refractivity contribution in [3.63, 3.8) is 0 Å². The second-order valence-corrected chi connectivity index (χ2v) is 18.7. The molecular weight excluding hydrogens is 809 g/mol. The zero-order chi connectivity index (χ0) is 45.0. The number of anilines is 6. The molecule has 2 aliphatic rings. The molecule has 0 radical (unpaired) electrons. The van der Waals surface area contributed by atoms with Crippen LogP contribution in [0.3, 0.4) is 0 Å². The highest BCUT2D eigenvalue weighted by Crippen LogP contribution is 2.66. The van der Waals surface area contributed by atoms with Crippen molar-refractivity contribution >= 4 is 66.4 Å². The first kappa shape index (κ1) is 39.2. The van der Waals surface area contributed by atoms with Crippen LogP contribution in [0.2, 0.25) is 0 Å². The van der Waals surface area contributed by atoms with Crippen LogP contribution in [0.4, 0.5) is 34.1 Å². The summed E-state index contributed by atoms with van der Waals surface area (Å²) < 4.78 is 0. The Hall–Kier alpha value is -8.20. The average Bonchev–Trinajstić information content (AvgIpc) is 3.83. The molecule has 11 aromatic rings. The molecule has 13 rings (SSSR count). The monoisotopic (exact) mass is 856 g/mol. The highest BCUT2D eigenvalue weighted by molar-refractivity contribution is 6.21. The highest BCUT2D eigenvalue weighted by Gasteiger charge is 2.53. The Bertz CT molecular complexity index is 3760. The summed E-state index contributed by atoms with van der Waals surface area (Å²) in [5, 5.41) is 7.53. The van der Waals surface area contributed by atoms with E-state index in [1.165, 1.54) is 110 Å². The molecule has 67 heavy (non-hydrogen) atoms. The van der Waals surface area contributed by atoms with Gasteiger partial charge in [0.2, 0.25) is 0 Å². The van der Waals surface area contributed by atoms with Gasteiger partial charge in [-0.05, 0) is 200 Å². The number of para-hydroxylation sites is 2. The number of nitrogens with zero attached hydrogens (tertiary/aromatic N) is 2. The van der Waals surface area contributed by atoms with Gasteiger partial charge >= 0.3 is 0 Å². The van der Waals surface area contributed by atoms with Gasteiger partial charge in [0.15, 0.2) is 0 Å². The SMILES string of the molecule is Cc1ccc(C)c(N(c2ccccc2)c2ccc3cc4c(cc3c2)C2(c3ccccc3-c3ccccc32)c2c-4c3ccccc3c3cc(N(c4ccccc4)c4cc(C)ccc4C)ccc23)c1. The molecule has 0 saturated heterocycles. The van der Waals surface area contributed by atoms with Crippen LogP contribution in [0.15, 0.2) is 218 Å².